The zero-order chi connectivity index (χ0) is 22.5. The third-order valence-electron chi connectivity index (χ3n) is 5.88. The molecule has 0 amide bonds. The van der Waals surface area contributed by atoms with Gasteiger partial charge in [0.25, 0.3) is 0 Å². The Morgan fingerprint density at radius 2 is 1.82 bits per heavy atom. The van der Waals surface area contributed by atoms with Crippen molar-refractivity contribution >= 4 is 5.71 Å². The molecule has 0 bridgehead atoms. The second-order valence-electron chi connectivity index (χ2n) is 8.24. The maximum Gasteiger partial charge on any atom is 0.231 e. The highest BCUT2D eigenvalue weighted by atomic mass is 16.6. The molecule has 5 rings (SSSR count). The molecule has 6 heteroatoms. The minimum absolute atomic E-state index is 0.311. The van der Waals surface area contributed by atoms with E-state index in [0.29, 0.717) is 24.2 Å². The molecule has 6 nitrogen and oxygen atoms in total. The van der Waals surface area contributed by atoms with Crippen molar-refractivity contribution in [1.82, 2.24) is 15.5 Å². The molecule has 1 unspecified atom stereocenters. The number of hydrogen-bond donors (Lipinski definition) is 1. The van der Waals surface area contributed by atoms with Crippen LogP contribution < -0.4 is 5.32 Å². The first-order valence-electron chi connectivity index (χ1n) is 11.2. The Kier molecular flexibility index (Phi) is 6.26. The van der Waals surface area contributed by atoms with E-state index in [-0.39, 0.29) is 0 Å². The highest BCUT2D eigenvalue weighted by Crippen LogP contribution is 2.24. The first-order chi connectivity index (χ1) is 16.3. The number of oxime groups is 1. The molecule has 1 aromatic heterocycles. The lowest BCUT2D eigenvalue weighted by molar-refractivity contribution is 0.130. The highest BCUT2D eigenvalue weighted by molar-refractivity contribution is 5.98. The summed E-state index contributed by atoms with van der Waals surface area (Å²) in [6.45, 7) is 4.25. The molecule has 1 fully saturated rings. The van der Waals surface area contributed by atoms with Crippen LogP contribution in [0.25, 0.3) is 22.5 Å². The summed E-state index contributed by atoms with van der Waals surface area (Å²) in [7, 11) is 0. The molecule has 166 valence electrons. The molecule has 0 saturated carbocycles. The van der Waals surface area contributed by atoms with E-state index in [9.17, 15) is 0 Å². The van der Waals surface area contributed by atoms with Crippen molar-refractivity contribution < 1.29 is 9.36 Å². The number of benzene rings is 3. The average molecular weight is 439 g/mol. The second kappa shape index (κ2) is 9.79. The number of rotatable bonds is 7. The van der Waals surface area contributed by atoms with E-state index in [4.69, 9.17) is 9.36 Å². The van der Waals surface area contributed by atoms with Crippen LogP contribution >= 0.6 is 0 Å². The van der Waals surface area contributed by atoms with E-state index < -0.39 is 0 Å². The van der Waals surface area contributed by atoms with Crippen LogP contribution in [-0.4, -0.2) is 28.9 Å². The molecule has 1 saturated heterocycles. The second-order valence-corrected chi connectivity index (χ2v) is 8.24. The molecular weight excluding hydrogens is 412 g/mol. The SMILES string of the molecule is CC(=NOCc1cccc(-c2ccccc2)c1)c1ccc(-c2noc(C3CCNC3)n2)cc1. The third kappa shape index (κ3) is 5.02. The van der Waals surface area contributed by atoms with Crippen molar-refractivity contribution in [2.45, 2.75) is 25.9 Å². The van der Waals surface area contributed by atoms with Crippen LogP contribution in [0.3, 0.4) is 0 Å². The Bertz CT molecular complexity index is 1230. The van der Waals surface area contributed by atoms with Gasteiger partial charge in [-0.15, -0.1) is 0 Å². The fourth-order valence-electron chi connectivity index (χ4n) is 3.97. The summed E-state index contributed by atoms with van der Waals surface area (Å²) in [5.74, 6) is 1.64. The zero-order valence-corrected chi connectivity index (χ0v) is 18.6. The van der Waals surface area contributed by atoms with Gasteiger partial charge in [-0.3, -0.25) is 0 Å². The Labute approximate surface area is 193 Å². The minimum atomic E-state index is 0.311. The van der Waals surface area contributed by atoms with Crippen molar-refractivity contribution in [2.24, 2.45) is 5.16 Å². The van der Waals surface area contributed by atoms with Crippen LogP contribution in [0.4, 0.5) is 0 Å². The standard InChI is InChI=1S/C27H26N4O2/c1-19(30-32-18-20-6-5-9-24(16-20)22-7-3-2-4-8-22)21-10-12-23(13-11-21)26-29-27(33-31-26)25-14-15-28-17-25/h2-13,16,25,28H,14-15,17-18H2,1H3. The summed E-state index contributed by atoms with van der Waals surface area (Å²) in [6, 6.07) is 26.6. The Balaban J connectivity index is 1.21. The van der Waals surface area contributed by atoms with Crippen LogP contribution in [0.1, 0.15) is 36.3 Å². The molecule has 33 heavy (non-hydrogen) atoms. The van der Waals surface area contributed by atoms with Gasteiger partial charge in [0.2, 0.25) is 11.7 Å². The van der Waals surface area contributed by atoms with Gasteiger partial charge in [-0.2, -0.15) is 4.98 Å². The van der Waals surface area contributed by atoms with Gasteiger partial charge in [0.1, 0.15) is 6.61 Å². The topological polar surface area (TPSA) is 72.5 Å². The normalized spacial score (nSPS) is 16.2. The Morgan fingerprint density at radius 1 is 1.00 bits per heavy atom. The molecule has 1 N–H and O–H groups in total. The van der Waals surface area contributed by atoms with Crippen molar-refractivity contribution in [3.8, 4) is 22.5 Å². The number of nitrogens with zero attached hydrogens (tertiary/aromatic N) is 3. The summed E-state index contributed by atoms with van der Waals surface area (Å²) in [5, 5.41) is 11.8. The minimum Gasteiger partial charge on any atom is -0.391 e. The largest absolute Gasteiger partial charge is 0.391 e. The Hall–Kier alpha value is -3.77. The molecular formula is C27H26N4O2. The quantitative estimate of drug-likeness (QED) is 0.308. The van der Waals surface area contributed by atoms with Crippen LogP contribution in [0.2, 0.25) is 0 Å². The van der Waals surface area contributed by atoms with Gasteiger partial charge in [0.05, 0.1) is 11.6 Å². The van der Waals surface area contributed by atoms with Gasteiger partial charge in [-0.1, -0.05) is 83.1 Å². The molecule has 0 aliphatic carbocycles. The Morgan fingerprint density at radius 3 is 2.61 bits per heavy atom. The fraction of sp³-hybridized carbons (Fsp3) is 0.222. The third-order valence-corrected chi connectivity index (χ3v) is 5.88. The van der Waals surface area contributed by atoms with E-state index in [2.05, 4.69) is 44.9 Å². The van der Waals surface area contributed by atoms with Gasteiger partial charge >= 0.3 is 0 Å². The molecule has 2 heterocycles. The van der Waals surface area contributed by atoms with Gasteiger partial charge < -0.3 is 14.7 Å². The lowest BCUT2D eigenvalue weighted by Crippen LogP contribution is -2.08. The smallest absolute Gasteiger partial charge is 0.231 e. The average Bonchev–Trinajstić information content (AvgIpc) is 3.57. The van der Waals surface area contributed by atoms with Crippen molar-refractivity contribution in [3.63, 3.8) is 0 Å². The van der Waals surface area contributed by atoms with Crippen molar-refractivity contribution in [1.29, 1.82) is 0 Å². The molecule has 1 aliphatic heterocycles. The fourth-order valence-corrected chi connectivity index (χ4v) is 3.97. The van der Waals surface area contributed by atoms with Crippen LogP contribution in [0.5, 0.6) is 0 Å². The summed E-state index contributed by atoms with van der Waals surface area (Å²) < 4.78 is 5.47. The van der Waals surface area contributed by atoms with E-state index in [1.807, 2.05) is 61.5 Å². The highest BCUT2D eigenvalue weighted by Gasteiger charge is 2.23. The summed E-state index contributed by atoms with van der Waals surface area (Å²) >= 11 is 0. The number of nitrogens with one attached hydrogen (secondary N) is 1. The van der Waals surface area contributed by atoms with E-state index in [1.165, 1.54) is 11.1 Å². The van der Waals surface area contributed by atoms with Gasteiger partial charge in [-0.25, -0.2) is 0 Å². The van der Waals surface area contributed by atoms with Crippen molar-refractivity contribution in [3.05, 3.63) is 95.9 Å². The summed E-state index contributed by atoms with van der Waals surface area (Å²) in [4.78, 5) is 10.2. The maximum absolute atomic E-state index is 5.64. The molecule has 0 radical (unpaired) electrons. The van der Waals surface area contributed by atoms with Gasteiger partial charge in [0.15, 0.2) is 0 Å². The molecule has 1 aliphatic rings. The predicted molar refractivity (Wildman–Crippen MR) is 129 cm³/mol. The first-order valence-corrected chi connectivity index (χ1v) is 11.2. The molecule has 4 aromatic rings. The zero-order valence-electron chi connectivity index (χ0n) is 18.6. The van der Waals surface area contributed by atoms with Crippen molar-refractivity contribution in [2.75, 3.05) is 13.1 Å². The lowest BCUT2D eigenvalue weighted by Gasteiger charge is -2.06. The van der Waals surface area contributed by atoms with E-state index >= 15 is 0 Å². The summed E-state index contributed by atoms with van der Waals surface area (Å²) in [5.41, 5.74) is 6.15. The summed E-state index contributed by atoms with van der Waals surface area (Å²) in [6.07, 6.45) is 1.03. The first kappa shape index (κ1) is 21.1. The number of hydrogen-bond acceptors (Lipinski definition) is 6. The molecule has 3 aromatic carbocycles. The van der Waals surface area contributed by atoms with Gasteiger partial charge in [0, 0.05) is 12.1 Å². The monoisotopic (exact) mass is 438 g/mol. The van der Waals surface area contributed by atoms with Crippen LogP contribution in [-0.2, 0) is 11.4 Å². The number of aromatic nitrogens is 2. The van der Waals surface area contributed by atoms with Gasteiger partial charge in [-0.05, 0) is 48.2 Å². The van der Waals surface area contributed by atoms with E-state index in [0.717, 1.165) is 41.9 Å². The molecule has 1 atom stereocenters. The maximum atomic E-state index is 5.64. The van der Waals surface area contributed by atoms with Crippen LogP contribution in [0, 0.1) is 0 Å². The van der Waals surface area contributed by atoms with Crippen LogP contribution in [0.15, 0.2) is 88.5 Å². The van der Waals surface area contributed by atoms with E-state index in [1.54, 1.807) is 0 Å². The molecule has 0 spiro atoms. The predicted octanol–water partition coefficient (Wildman–Crippen LogP) is 5.42. The lowest BCUT2D eigenvalue weighted by atomic mass is 10.0.